The molecule has 0 aliphatic carbocycles. The van der Waals surface area contributed by atoms with Crippen LogP contribution < -0.4 is 16.0 Å². The fourth-order valence-electron chi connectivity index (χ4n) is 2.03. The maximum atomic E-state index is 11.9. The first-order valence-corrected chi connectivity index (χ1v) is 7.75. The van der Waals surface area contributed by atoms with Gasteiger partial charge in [-0.1, -0.05) is 0 Å². The lowest BCUT2D eigenvalue weighted by Crippen LogP contribution is -2.20. The molecule has 7 nitrogen and oxygen atoms in total. The van der Waals surface area contributed by atoms with Gasteiger partial charge in [0.15, 0.2) is 0 Å². The van der Waals surface area contributed by atoms with Crippen molar-refractivity contribution in [2.24, 2.45) is 5.14 Å². The average Bonchev–Trinajstić information content (AvgIpc) is 2.36. The Morgan fingerprint density at radius 3 is 2.71 bits per heavy atom. The van der Waals surface area contributed by atoms with Crippen LogP contribution in [0.2, 0.25) is 0 Å². The van der Waals surface area contributed by atoms with Gasteiger partial charge >= 0.3 is 0 Å². The van der Waals surface area contributed by atoms with Crippen LogP contribution in [0.25, 0.3) is 0 Å². The molecule has 2 aromatic heterocycles. The second kappa shape index (κ2) is 5.66. The molecule has 0 saturated heterocycles. The Kier molecular flexibility index (Phi) is 4.10. The Bertz CT molecular complexity index is 828. The van der Waals surface area contributed by atoms with Crippen LogP contribution in [-0.2, 0) is 16.6 Å². The van der Waals surface area contributed by atoms with Crippen molar-refractivity contribution in [3.8, 4) is 0 Å². The standard InChI is InChI=1S/C13H16N4O3S/c1-8-6-9(2)17-13(18)10(8)7-16-12-11(21(14,19)20)4-3-5-15-12/h3-6H,7H2,1-2H3,(H,15,16)(H,17,18)(H2,14,19,20). The van der Waals surface area contributed by atoms with E-state index in [0.29, 0.717) is 5.56 Å². The van der Waals surface area contributed by atoms with Gasteiger partial charge in [-0.05, 0) is 37.6 Å². The number of aromatic amines is 1. The minimum absolute atomic E-state index is 0.105. The minimum atomic E-state index is -3.88. The van der Waals surface area contributed by atoms with Crippen LogP contribution >= 0.6 is 0 Å². The molecule has 2 rings (SSSR count). The molecule has 0 aromatic carbocycles. The van der Waals surface area contributed by atoms with Crippen LogP contribution in [0.3, 0.4) is 0 Å². The Labute approximate surface area is 122 Å². The molecule has 0 atom stereocenters. The molecule has 0 bridgehead atoms. The lowest BCUT2D eigenvalue weighted by Gasteiger charge is -2.10. The van der Waals surface area contributed by atoms with Crippen molar-refractivity contribution in [1.29, 1.82) is 0 Å². The number of hydrogen-bond donors (Lipinski definition) is 3. The first kappa shape index (κ1) is 15.2. The number of pyridine rings is 2. The molecule has 0 fully saturated rings. The fraction of sp³-hybridized carbons (Fsp3) is 0.231. The van der Waals surface area contributed by atoms with Gasteiger partial charge in [0.1, 0.15) is 10.7 Å². The quantitative estimate of drug-likeness (QED) is 0.766. The third-order valence-corrected chi connectivity index (χ3v) is 3.95. The molecule has 21 heavy (non-hydrogen) atoms. The van der Waals surface area contributed by atoms with Crippen LogP contribution in [0, 0.1) is 13.8 Å². The zero-order valence-corrected chi connectivity index (χ0v) is 12.5. The van der Waals surface area contributed by atoms with E-state index in [9.17, 15) is 13.2 Å². The lowest BCUT2D eigenvalue weighted by atomic mass is 10.1. The van der Waals surface area contributed by atoms with E-state index in [1.807, 2.05) is 13.0 Å². The van der Waals surface area contributed by atoms with E-state index in [-0.39, 0.29) is 22.8 Å². The molecule has 0 aliphatic heterocycles. The van der Waals surface area contributed by atoms with Crippen LogP contribution in [0.4, 0.5) is 5.82 Å². The maximum Gasteiger partial charge on any atom is 0.253 e. The summed E-state index contributed by atoms with van der Waals surface area (Å²) in [5, 5.41) is 7.98. The maximum absolute atomic E-state index is 11.9. The van der Waals surface area contributed by atoms with E-state index >= 15 is 0 Å². The number of primary sulfonamides is 1. The molecule has 0 radical (unpaired) electrons. The van der Waals surface area contributed by atoms with E-state index in [2.05, 4.69) is 15.3 Å². The molecular weight excluding hydrogens is 292 g/mol. The Morgan fingerprint density at radius 2 is 2.10 bits per heavy atom. The van der Waals surface area contributed by atoms with Crippen LogP contribution in [0.15, 0.2) is 34.1 Å². The minimum Gasteiger partial charge on any atom is -0.365 e. The van der Waals surface area contributed by atoms with Gasteiger partial charge < -0.3 is 10.3 Å². The molecule has 0 amide bonds. The smallest absolute Gasteiger partial charge is 0.253 e. The van der Waals surface area contributed by atoms with E-state index in [1.54, 1.807) is 6.92 Å². The van der Waals surface area contributed by atoms with Gasteiger partial charge in [-0.3, -0.25) is 4.79 Å². The first-order valence-electron chi connectivity index (χ1n) is 6.20. The van der Waals surface area contributed by atoms with Gasteiger partial charge in [-0.25, -0.2) is 18.5 Å². The molecule has 112 valence electrons. The highest BCUT2D eigenvalue weighted by molar-refractivity contribution is 7.89. The van der Waals surface area contributed by atoms with Crippen molar-refractivity contribution in [3.63, 3.8) is 0 Å². The first-order chi connectivity index (χ1) is 9.79. The summed E-state index contributed by atoms with van der Waals surface area (Å²) in [6, 6.07) is 4.68. The normalized spacial score (nSPS) is 11.4. The number of anilines is 1. The summed E-state index contributed by atoms with van der Waals surface area (Å²) in [4.78, 5) is 18.5. The van der Waals surface area contributed by atoms with Gasteiger partial charge in [0.2, 0.25) is 10.0 Å². The highest BCUT2D eigenvalue weighted by Crippen LogP contribution is 2.17. The van der Waals surface area contributed by atoms with Gasteiger partial charge in [0.05, 0.1) is 0 Å². The summed E-state index contributed by atoms with van der Waals surface area (Å²) >= 11 is 0. The number of nitrogens with zero attached hydrogens (tertiary/aromatic N) is 1. The topological polar surface area (TPSA) is 118 Å². The van der Waals surface area contributed by atoms with Crippen molar-refractivity contribution >= 4 is 15.8 Å². The largest absolute Gasteiger partial charge is 0.365 e. The van der Waals surface area contributed by atoms with Crippen LogP contribution in [0.1, 0.15) is 16.8 Å². The number of aryl methyl sites for hydroxylation is 2. The Hall–Kier alpha value is -2.19. The van der Waals surface area contributed by atoms with Crippen molar-refractivity contribution in [1.82, 2.24) is 9.97 Å². The van der Waals surface area contributed by atoms with Crippen molar-refractivity contribution < 1.29 is 8.42 Å². The number of H-pyrrole nitrogens is 1. The number of rotatable bonds is 4. The van der Waals surface area contributed by atoms with E-state index in [1.165, 1.54) is 18.3 Å². The van der Waals surface area contributed by atoms with Crippen molar-refractivity contribution in [2.75, 3.05) is 5.32 Å². The Morgan fingerprint density at radius 1 is 1.38 bits per heavy atom. The fourth-order valence-corrected chi connectivity index (χ4v) is 2.69. The third kappa shape index (κ3) is 3.47. The predicted octanol–water partition coefficient (Wildman–Crippen LogP) is 0.646. The Balaban J connectivity index is 2.32. The van der Waals surface area contributed by atoms with Crippen molar-refractivity contribution in [2.45, 2.75) is 25.3 Å². The number of nitrogens with two attached hydrogens (primary N) is 1. The molecular formula is C13H16N4O3S. The number of sulfonamides is 1. The highest BCUT2D eigenvalue weighted by Gasteiger charge is 2.15. The third-order valence-electron chi connectivity index (χ3n) is 3.00. The number of nitrogens with one attached hydrogen (secondary N) is 2. The summed E-state index contributed by atoms with van der Waals surface area (Å²) in [7, 11) is -3.88. The predicted molar refractivity (Wildman–Crippen MR) is 79.5 cm³/mol. The van der Waals surface area contributed by atoms with Gasteiger partial charge in [0, 0.05) is 24.0 Å². The summed E-state index contributed by atoms with van der Waals surface area (Å²) in [5.41, 5.74) is 1.89. The van der Waals surface area contributed by atoms with Crippen LogP contribution in [0.5, 0.6) is 0 Å². The molecule has 2 heterocycles. The zero-order valence-electron chi connectivity index (χ0n) is 11.7. The monoisotopic (exact) mass is 308 g/mol. The zero-order chi connectivity index (χ0) is 15.6. The molecule has 0 spiro atoms. The second-order valence-corrected chi connectivity index (χ2v) is 6.22. The summed E-state index contributed by atoms with van der Waals surface area (Å²) in [6.07, 6.45) is 1.45. The molecule has 2 aromatic rings. The summed E-state index contributed by atoms with van der Waals surface area (Å²) in [5.74, 6) is 0.124. The van der Waals surface area contributed by atoms with E-state index in [0.717, 1.165) is 11.3 Å². The number of hydrogen-bond acceptors (Lipinski definition) is 5. The second-order valence-electron chi connectivity index (χ2n) is 4.69. The highest BCUT2D eigenvalue weighted by atomic mass is 32.2. The van der Waals surface area contributed by atoms with E-state index < -0.39 is 10.0 Å². The van der Waals surface area contributed by atoms with E-state index in [4.69, 9.17) is 5.14 Å². The summed E-state index contributed by atoms with van der Waals surface area (Å²) in [6.45, 7) is 3.77. The van der Waals surface area contributed by atoms with Crippen molar-refractivity contribution in [3.05, 3.63) is 51.6 Å². The van der Waals surface area contributed by atoms with Gasteiger partial charge in [-0.2, -0.15) is 0 Å². The summed E-state index contributed by atoms with van der Waals surface area (Å²) < 4.78 is 22.9. The average molecular weight is 308 g/mol. The number of aromatic nitrogens is 2. The molecule has 0 saturated carbocycles. The SMILES string of the molecule is Cc1cc(C)c(CNc2ncccc2S(N)(=O)=O)c(=O)[nH]1. The van der Waals surface area contributed by atoms with Gasteiger partial charge in [-0.15, -0.1) is 0 Å². The molecule has 8 heteroatoms. The lowest BCUT2D eigenvalue weighted by molar-refractivity contribution is 0.597. The molecule has 0 unspecified atom stereocenters. The molecule has 4 N–H and O–H groups in total. The van der Waals surface area contributed by atoms with Gasteiger partial charge in [0.25, 0.3) is 5.56 Å². The molecule has 0 aliphatic rings. The van der Waals surface area contributed by atoms with Crippen LogP contribution in [-0.4, -0.2) is 18.4 Å².